The molecule has 5 nitrogen and oxygen atoms in total. The van der Waals surface area contributed by atoms with E-state index in [1.807, 2.05) is 7.05 Å². The van der Waals surface area contributed by atoms with Gasteiger partial charge in [-0.25, -0.2) is 4.98 Å². The summed E-state index contributed by atoms with van der Waals surface area (Å²) in [5.74, 6) is 0. The zero-order valence-electron chi connectivity index (χ0n) is 14.2. The van der Waals surface area contributed by atoms with E-state index in [0.717, 1.165) is 24.8 Å². The van der Waals surface area contributed by atoms with Gasteiger partial charge in [-0.05, 0) is 7.05 Å². The summed E-state index contributed by atoms with van der Waals surface area (Å²) in [6.07, 6.45) is 0. The zero-order valence-corrected chi connectivity index (χ0v) is 15.0. The van der Waals surface area contributed by atoms with E-state index in [4.69, 9.17) is 14.5 Å². The van der Waals surface area contributed by atoms with Crippen LogP contribution in [0, 0.1) is 0 Å². The molecule has 0 aliphatic rings. The lowest BCUT2D eigenvalue weighted by atomic mass is 9.91. The van der Waals surface area contributed by atoms with Crippen LogP contribution in [0.5, 0.6) is 0 Å². The molecule has 0 fully saturated rings. The lowest BCUT2D eigenvalue weighted by molar-refractivity contribution is 0.190. The smallest absolute Gasteiger partial charge is 0.186 e. The van der Waals surface area contributed by atoms with Crippen LogP contribution in [0.15, 0.2) is 0 Å². The van der Waals surface area contributed by atoms with Crippen molar-refractivity contribution in [3.05, 3.63) is 10.6 Å². The van der Waals surface area contributed by atoms with E-state index < -0.39 is 0 Å². The number of aromatic nitrogens is 1. The van der Waals surface area contributed by atoms with E-state index in [0.29, 0.717) is 13.2 Å². The van der Waals surface area contributed by atoms with E-state index in [9.17, 15) is 0 Å². The molecule has 0 aliphatic heterocycles. The number of nitrogens with zero attached hydrogens (tertiary/aromatic N) is 2. The average molecular weight is 315 g/mol. The first-order chi connectivity index (χ1) is 9.93. The summed E-state index contributed by atoms with van der Waals surface area (Å²) >= 11 is 1.76. The van der Waals surface area contributed by atoms with Crippen LogP contribution in [-0.2, 0) is 21.4 Å². The monoisotopic (exact) mass is 315 g/mol. The SMILES string of the molecule is CNCc1sc(N(CCOC)CCOC)nc1C(C)(C)C. The summed E-state index contributed by atoms with van der Waals surface area (Å²) in [5.41, 5.74) is 1.23. The van der Waals surface area contributed by atoms with Crippen molar-refractivity contribution < 1.29 is 9.47 Å². The molecule has 0 spiro atoms. The van der Waals surface area contributed by atoms with Crippen molar-refractivity contribution in [3.63, 3.8) is 0 Å². The maximum atomic E-state index is 5.21. The molecule has 0 saturated carbocycles. The third-order valence-corrected chi connectivity index (χ3v) is 4.25. The molecule has 1 N–H and O–H groups in total. The molecule has 122 valence electrons. The number of ether oxygens (including phenoxy) is 2. The van der Waals surface area contributed by atoms with Crippen LogP contribution in [0.2, 0.25) is 0 Å². The second-order valence-corrected chi connectivity index (χ2v) is 7.08. The molecule has 0 aliphatic carbocycles. The minimum Gasteiger partial charge on any atom is -0.383 e. The Kier molecular flexibility index (Phi) is 7.59. The third kappa shape index (κ3) is 5.54. The lowest BCUT2D eigenvalue weighted by Crippen LogP contribution is -2.30. The number of rotatable bonds is 9. The molecule has 1 aromatic heterocycles. The number of hydrogen-bond acceptors (Lipinski definition) is 6. The zero-order chi connectivity index (χ0) is 15.9. The predicted molar refractivity (Wildman–Crippen MR) is 89.5 cm³/mol. The molecule has 0 atom stereocenters. The fourth-order valence-corrected chi connectivity index (χ4v) is 3.38. The minimum atomic E-state index is 0.0507. The van der Waals surface area contributed by atoms with Gasteiger partial charge >= 0.3 is 0 Å². The van der Waals surface area contributed by atoms with Gasteiger partial charge in [0.05, 0.1) is 18.9 Å². The van der Waals surface area contributed by atoms with E-state index in [-0.39, 0.29) is 5.41 Å². The van der Waals surface area contributed by atoms with Gasteiger partial charge in [0.15, 0.2) is 5.13 Å². The molecule has 6 heteroatoms. The summed E-state index contributed by atoms with van der Waals surface area (Å²) in [7, 11) is 5.42. The van der Waals surface area contributed by atoms with E-state index in [1.54, 1.807) is 25.6 Å². The number of nitrogens with one attached hydrogen (secondary N) is 1. The maximum Gasteiger partial charge on any atom is 0.186 e. The van der Waals surface area contributed by atoms with Crippen molar-refractivity contribution in [2.24, 2.45) is 0 Å². The molecule has 0 bridgehead atoms. The summed E-state index contributed by atoms with van der Waals surface area (Å²) < 4.78 is 10.4. The average Bonchev–Trinajstić information content (AvgIpc) is 2.83. The molecular formula is C15H29N3O2S. The van der Waals surface area contributed by atoms with Crippen LogP contribution in [0.1, 0.15) is 31.3 Å². The van der Waals surface area contributed by atoms with Crippen LogP contribution in [0.25, 0.3) is 0 Å². The van der Waals surface area contributed by atoms with Crippen molar-refractivity contribution >= 4 is 16.5 Å². The molecule has 0 amide bonds. The predicted octanol–water partition coefficient (Wildman–Crippen LogP) is 2.26. The summed E-state index contributed by atoms with van der Waals surface area (Å²) in [6, 6.07) is 0. The first kappa shape index (κ1) is 18.4. The van der Waals surface area contributed by atoms with Crippen LogP contribution >= 0.6 is 11.3 Å². The van der Waals surface area contributed by atoms with Gasteiger partial charge in [0.2, 0.25) is 0 Å². The van der Waals surface area contributed by atoms with Crippen molar-refractivity contribution in [2.45, 2.75) is 32.7 Å². The van der Waals surface area contributed by atoms with Crippen LogP contribution in [-0.4, -0.2) is 52.6 Å². The minimum absolute atomic E-state index is 0.0507. The summed E-state index contributed by atoms with van der Waals surface area (Å²) in [5, 5.41) is 4.29. The van der Waals surface area contributed by atoms with Gasteiger partial charge in [0.1, 0.15) is 0 Å². The summed E-state index contributed by atoms with van der Waals surface area (Å²) in [4.78, 5) is 8.45. The Bertz CT molecular complexity index is 408. The second kappa shape index (κ2) is 8.68. The Morgan fingerprint density at radius 1 is 1.14 bits per heavy atom. The van der Waals surface area contributed by atoms with E-state index >= 15 is 0 Å². The van der Waals surface area contributed by atoms with E-state index in [1.165, 1.54) is 10.6 Å². The molecule has 0 unspecified atom stereocenters. The normalized spacial score (nSPS) is 11.9. The quantitative estimate of drug-likeness (QED) is 0.757. The first-order valence-corrected chi connectivity index (χ1v) is 8.13. The molecule has 0 radical (unpaired) electrons. The molecule has 1 aromatic rings. The second-order valence-electron chi connectivity index (χ2n) is 6.02. The molecule has 21 heavy (non-hydrogen) atoms. The number of methoxy groups -OCH3 is 2. The van der Waals surface area contributed by atoms with Gasteiger partial charge in [-0.2, -0.15) is 0 Å². The highest BCUT2D eigenvalue weighted by atomic mass is 32.1. The lowest BCUT2D eigenvalue weighted by Gasteiger charge is -2.21. The standard InChI is InChI=1S/C15H29N3O2S/c1-15(2,3)13-12(11-16-4)21-14(17-13)18(7-9-19-5)8-10-20-6/h16H,7-11H2,1-6H3. The van der Waals surface area contributed by atoms with Crippen molar-refractivity contribution in [3.8, 4) is 0 Å². The highest BCUT2D eigenvalue weighted by molar-refractivity contribution is 7.15. The van der Waals surface area contributed by atoms with Crippen LogP contribution in [0.3, 0.4) is 0 Å². The highest BCUT2D eigenvalue weighted by Crippen LogP contribution is 2.33. The van der Waals surface area contributed by atoms with Crippen molar-refractivity contribution in [1.82, 2.24) is 10.3 Å². The first-order valence-electron chi connectivity index (χ1n) is 7.31. The van der Waals surface area contributed by atoms with Gasteiger partial charge in [-0.1, -0.05) is 20.8 Å². The topological polar surface area (TPSA) is 46.6 Å². The number of anilines is 1. The molecular weight excluding hydrogens is 286 g/mol. The maximum absolute atomic E-state index is 5.21. The van der Waals surface area contributed by atoms with Gasteiger partial charge in [-0.15, -0.1) is 11.3 Å². The van der Waals surface area contributed by atoms with Crippen LogP contribution < -0.4 is 10.2 Å². The number of hydrogen-bond donors (Lipinski definition) is 1. The van der Waals surface area contributed by atoms with Gasteiger partial charge < -0.3 is 19.7 Å². The van der Waals surface area contributed by atoms with E-state index in [2.05, 4.69) is 31.0 Å². The van der Waals surface area contributed by atoms with Gasteiger partial charge in [0, 0.05) is 44.1 Å². The Morgan fingerprint density at radius 2 is 1.71 bits per heavy atom. The van der Waals surface area contributed by atoms with Crippen LogP contribution in [0.4, 0.5) is 5.13 Å². The fourth-order valence-electron chi connectivity index (χ4n) is 2.05. The Hall–Kier alpha value is -0.690. The largest absolute Gasteiger partial charge is 0.383 e. The third-order valence-electron chi connectivity index (χ3n) is 3.13. The molecule has 1 heterocycles. The Morgan fingerprint density at radius 3 is 2.14 bits per heavy atom. The van der Waals surface area contributed by atoms with Gasteiger partial charge in [0.25, 0.3) is 0 Å². The van der Waals surface area contributed by atoms with Crippen molar-refractivity contribution in [2.75, 3.05) is 52.5 Å². The molecule has 1 rings (SSSR count). The molecule has 0 saturated heterocycles. The summed E-state index contributed by atoms with van der Waals surface area (Å²) in [6.45, 7) is 10.5. The Labute approximate surface area is 132 Å². The highest BCUT2D eigenvalue weighted by Gasteiger charge is 2.24. The Balaban J connectivity index is 3.01. The number of thiazole rings is 1. The van der Waals surface area contributed by atoms with Gasteiger partial charge in [-0.3, -0.25) is 0 Å². The molecule has 0 aromatic carbocycles. The van der Waals surface area contributed by atoms with Crippen molar-refractivity contribution in [1.29, 1.82) is 0 Å². The fraction of sp³-hybridized carbons (Fsp3) is 0.800.